The number of hydrogen-bond donors (Lipinski definition) is 1. The summed E-state index contributed by atoms with van der Waals surface area (Å²) < 4.78 is 0. The number of benzene rings is 2. The molecule has 1 saturated heterocycles. The number of nitrogens with one attached hydrogen (secondary N) is 1. The standard InChI is InChI=1S/C27H33N5/c1-19-16-25-23(20(2)18-27(3,4)30-25)17-22(19)24-10-11-28-26(29-24)32-14-12-31(13-15-32)21-8-6-5-7-9-21/h5-11,16-17,20,30H,12-15,18H2,1-4H3/t20-/m1/s1. The number of nitrogens with zero attached hydrogens (tertiary/aromatic N) is 4. The number of fused-ring (bicyclic) bond motifs is 1. The molecule has 3 heterocycles. The number of piperazine rings is 1. The zero-order valence-corrected chi connectivity index (χ0v) is 19.6. The molecule has 0 unspecified atom stereocenters. The van der Waals surface area contributed by atoms with Gasteiger partial charge in [0.15, 0.2) is 0 Å². The molecule has 2 aliphatic rings. The number of para-hydroxylation sites is 1. The average molecular weight is 428 g/mol. The average Bonchev–Trinajstić information content (AvgIpc) is 2.79. The highest BCUT2D eigenvalue weighted by atomic mass is 15.3. The van der Waals surface area contributed by atoms with E-state index in [2.05, 4.69) is 90.3 Å². The second-order valence-electron chi connectivity index (χ2n) is 9.92. The van der Waals surface area contributed by atoms with Gasteiger partial charge in [0, 0.05) is 54.9 Å². The highest BCUT2D eigenvalue weighted by molar-refractivity contribution is 5.72. The first-order chi connectivity index (χ1) is 15.4. The Kier molecular flexibility index (Phi) is 5.28. The lowest BCUT2D eigenvalue weighted by Crippen LogP contribution is -2.47. The van der Waals surface area contributed by atoms with Crippen LogP contribution in [-0.4, -0.2) is 41.7 Å². The van der Waals surface area contributed by atoms with E-state index in [0.29, 0.717) is 5.92 Å². The third-order valence-electron chi connectivity index (χ3n) is 6.82. The van der Waals surface area contributed by atoms with Gasteiger partial charge in [-0.2, -0.15) is 0 Å². The first-order valence-corrected chi connectivity index (χ1v) is 11.7. The number of aryl methyl sites for hydroxylation is 1. The number of aromatic nitrogens is 2. The van der Waals surface area contributed by atoms with Crippen LogP contribution in [0.25, 0.3) is 11.3 Å². The minimum atomic E-state index is 0.129. The van der Waals surface area contributed by atoms with E-state index < -0.39 is 0 Å². The number of rotatable bonds is 3. The van der Waals surface area contributed by atoms with E-state index in [9.17, 15) is 0 Å². The van der Waals surface area contributed by atoms with Crippen LogP contribution in [0.4, 0.5) is 17.3 Å². The van der Waals surface area contributed by atoms with Gasteiger partial charge < -0.3 is 15.1 Å². The Balaban J connectivity index is 1.38. The van der Waals surface area contributed by atoms with E-state index in [1.54, 1.807) is 0 Å². The SMILES string of the molecule is Cc1cc2c(cc1-c1ccnc(N3CCN(c4ccccc4)CC3)n1)[C@H](C)CC(C)(C)N2. The highest BCUT2D eigenvalue weighted by Gasteiger charge is 2.30. The predicted octanol–water partition coefficient (Wildman–Crippen LogP) is 5.48. The van der Waals surface area contributed by atoms with Gasteiger partial charge in [-0.15, -0.1) is 0 Å². The molecule has 1 N–H and O–H groups in total. The van der Waals surface area contributed by atoms with Crippen molar-refractivity contribution < 1.29 is 0 Å². The van der Waals surface area contributed by atoms with E-state index in [1.165, 1.54) is 28.1 Å². The molecule has 0 bridgehead atoms. The first-order valence-electron chi connectivity index (χ1n) is 11.7. The van der Waals surface area contributed by atoms with Crippen LogP contribution >= 0.6 is 0 Å². The summed E-state index contributed by atoms with van der Waals surface area (Å²) in [6.45, 7) is 12.9. The molecule has 1 aromatic heterocycles. The molecule has 32 heavy (non-hydrogen) atoms. The van der Waals surface area contributed by atoms with E-state index in [-0.39, 0.29) is 5.54 Å². The van der Waals surface area contributed by atoms with Crippen LogP contribution in [0, 0.1) is 6.92 Å². The molecule has 0 radical (unpaired) electrons. The van der Waals surface area contributed by atoms with Gasteiger partial charge >= 0.3 is 0 Å². The maximum Gasteiger partial charge on any atom is 0.225 e. The molecule has 2 aromatic carbocycles. The maximum absolute atomic E-state index is 5.00. The second-order valence-corrected chi connectivity index (χ2v) is 9.92. The van der Waals surface area contributed by atoms with Gasteiger partial charge in [-0.25, -0.2) is 9.97 Å². The van der Waals surface area contributed by atoms with E-state index in [1.807, 2.05) is 12.3 Å². The summed E-state index contributed by atoms with van der Waals surface area (Å²) in [6.07, 6.45) is 3.04. The monoisotopic (exact) mass is 427 g/mol. The van der Waals surface area contributed by atoms with Crippen LogP contribution in [0.5, 0.6) is 0 Å². The molecule has 1 fully saturated rings. The van der Waals surface area contributed by atoms with E-state index >= 15 is 0 Å². The molecule has 5 heteroatoms. The summed E-state index contributed by atoms with van der Waals surface area (Å²) in [5.41, 5.74) is 7.55. The summed E-state index contributed by atoms with van der Waals surface area (Å²) in [4.78, 5) is 14.4. The van der Waals surface area contributed by atoms with E-state index in [4.69, 9.17) is 4.98 Å². The van der Waals surface area contributed by atoms with Crippen molar-refractivity contribution in [2.75, 3.05) is 41.3 Å². The smallest absolute Gasteiger partial charge is 0.225 e. The summed E-state index contributed by atoms with van der Waals surface area (Å²) in [6, 6.07) is 17.3. The van der Waals surface area contributed by atoms with Crippen LogP contribution in [0.2, 0.25) is 0 Å². The van der Waals surface area contributed by atoms with Crippen molar-refractivity contribution >= 4 is 17.3 Å². The van der Waals surface area contributed by atoms with Crippen molar-refractivity contribution in [3.8, 4) is 11.3 Å². The van der Waals surface area contributed by atoms with Crippen LogP contribution in [0.15, 0.2) is 54.7 Å². The van der Waals surface area contributed by atoms with Crippen LogP contribution in [0.1, 0.15) is 44.2 Å². The van der Waals surface area contributed by atoms with Crippen molar-refractivity contribution in [3.05, 3.63) is 65.9 Å². The van der Waals surface area contributed by atoms with Gasteiger partial charge in [-0.05, 0) is 74.6 Å². The van der Waals surface area contributed by atoms with Crippen molar-refractivity contribution in [2.45, 2.75) is 45.6 Å². The fraction of sp³-hybridized carbons (Fsp3) is 0.407. The molecule has 0 amide bonds. The Bertz CT molecular complexity index is 1100. The van der Waals surface area contributed by atoms with Gasteiger partial charge in [0.25, 0.3) is 0 Å². The van der Waals surface area contributed by atoms with Gasteiger partial charge in [0.2, 0.25) is 5.95 Å². The molecule has 5 nitrogen and oxygen atoms in total. The summed E-state index contributed by atoms with van der Waals surface area (Å²) in [7, 11) is 0. The molecule has 1 atom stereocenters. The number of anilines is 3. The van der Waals surface area contributed by atoms with Crippen molar-refractivity contribution in [3.63, 3.8) is 0 Å². The summed E-state index contributed by atoms with van der Waals surface area (Å²) in [5.74, 6) is 1.35. The third kappa shape index (κ3) is 4.04. The quantitative estimate of drug-likeness (QED) is 0.600. The Morgan fingerprint density at radius 3 is 2.44 bits per heavy atom. The predicted molar refractivity (Wildman–Crippen MR) is 134 cm³/mol. The fourth-order valence-corrected chi connectivity index (χ4v) is 5.26. The van der Waals surface area contributed by atoms with Crippen molar-refractivity contribution in [1.82, 2.24) is 9.97 Å². The molecule has 2 aliphatic heterocycles. The van der Waals surface area contributed by atoms with Crippen molar-refractivity contribution in [1.29, 1.82) is 0 Å². The van der Waals surface area contributed by atoms with Gasteiger partial charge in [0.05, 0.1) is 5.69 Å². The Morgan fingerprint density at radius 2 is 1.69 bits per heavy atom. The molecule has 0 spiro atoms. The zero-order valence-electron chi connectivity index (χ0n) is 19.6. The highest BCUT2D eigenvalue weighted by Crippen LogP contribution is 2.41. The lowest BCUT2D eigenvalue weighted by atomic mass is 9.80. The molecule has 0 aliphatic carbocycles. The van der Waals surface area contributed by atoms with Gasteiger partial charge in [-0.1, -0.05) is 25.1 Å². The normalized spacial score (nSPS) is 19.9. The molecule has 5 rings (SSSR count). The Hall–Kier alpha value is -3.08. The van der Waals surface area contributed by atoms with Crippen LogP contribution < -0.4 is 15.1 Å². The van der Waals surface area contributed by atoms with Gasteiger partial charge in [-0.3, -0.25) is 0 Å². The largest absolute Gasteiger partial charge is 0.380 e. The Labute approximate surface area is 191 Å². The molecule has 0 saturated carbocycles. The topological polar surface area (TPSA) is 44.3 Å². The molecule has 166 valence electrons. The van der Waals surface area contributed by atoms with Gasteiger partial charge in [0.1, 0.15) is 0 Å². The molecular weight excluding hydrogens is 394 g/mol. The second kappa shape index (κ2) is 8.12. The first kappa shape index (κ1) is 20.8. The lowest BCUT2D eigenvalue weighted by molar-refractivity contribution is 0.454. The Morgan fingerprint density at radius 1 is 0.969 bits per heavy atom. The maximum atomic E-state index is 5.00. The minimum Gasteiger partial charge on any atom is -0.380 e. The molecular formula is C27H33N5. The minimum absolute atomic E-state index is 0.129. The van der Waals surface area contributed by atoms with Crippen LogP contribution in [0.3, 0.4) is 0 Å². The fourth-order valence-electron chi connectivity index (χ4n) is 5.26. The number of hydrogen-bond acceptors (Lipinski definition) is 5. The van der Waals surface area contributed by atoms with Crippen molar-refractivity contribution in [2.24, 2.45) is 0 Å². The molecule has 3 aromatic rings. The third-order valence-corrected chi connectivity index (χ3v) is 6.82. The van der Waals surface area contributed by atoms with E-state index in [0.717, 1.165) is 44.2 Å². The van der Waals surface area contributed by atoms with Crippen LogP contribution in [-0.2, 0) is 0 Å². The lowest BCUT2D eigenvalue weighted by Gasteiger charge is -2.38. The summed E-state index contributed by atoms with van der Waals surface area (Å²) >= 11 is 0. The summed E-state index contributed by atoms with van der Waals surface area (Å²) in [5, 5.41) is 3.72. The zero-order chi connectivity index (χ0) is 22.3.